The molecule has 0 spiro atoms. The van der Waals surface area contributed by atoms with E-state index in [0.29, 0.717) is 18.3 Å². The fourth-order valence-corrected chi connectivity index (χ4v) is 2.75. The summed E-state index contributed by atoms with van der Waals surface area (Å²) in [5, 5.41) is 6.54. The van der Waals surface area contributed by atoms with Crippen molar-refractivity contribution >= 4 is 16.7 Å². The number of aryl methyl sites for hydroxylation is 1. The largest absolute Gasteiger partial charge is 0.351 e. The highest BCUT2D eigenvalue weighted by molar-refractivity contribution is 7.84. The van der Waals surface area contributed by atoms with Crippen molar-refractivity contribution in [2.45, 2.75) is 32.1 Å². The van der Waals surface area contributed by atoms with Crippen molar-refractivity contribution in [3.05, 3.63) is 47.6 Å². The highest BCUT2D eigenvalue weighted by Crippen LogP contribution is 2.04. The molecule has 1 aromatic carbocycles. The molecule has 0 fully saturated rings. The average Bonchev–Trinajstić information content (AvgIpc) is 2.93. The van der Waals surface area contributed by atoms with Gasteiger partial charge in [0.25, 0.3) is 0 Å². The van der Waals surface area contributed by atoms with Gasteiger partial charge in [0.2, 0.25) is 11.8 Å². The molecule has 118 valence electrons. The van der Waals surface area contributed by atoms with Gasteiger partial charge < -0.3 is 9.84 Å². The second-order valence-corrected chi connectivity index (χ2v) is 6.30. The molecule has 0 aliphatic carbocycles. The summed E-state index contributed by atoms with van der Waals surface area (Å²) >= 11 is 0. The predicted molar refractivity (Wildman–Crippen MR) is 83.3 cm³/mol. The summed E-state index contributed by atoms with van der Waals surface area (Å²) in [6.45, 7) is 2.45. The van der Waals surface area contributed by atoms with E-state index in [2.05, 4.69) is 15.5 Å². The molecule has 0 saturated carbocycles. The third-order valence-electron chi connectivity index (χ3n) is 2.89. The highest BCUT2D eigenvalue weighted by atomic mass is 32.2. The number of amides is 1. The number of nitrogens with one attached hydrogen (secondary N) is 1. The third kappa shape index (κ3) is 5.40. The minimum Gasteiger partial charge on any atom is -0.351 e. The first-order chi connectivity index (χ1) is 10.7. The molecule has 6 nitrogen and oxygen atoms in total. The maximum atomic E-state index is 11.9. The third-order valence-corrected chi connectivity index (χ3v) is 4.05. The van der Waals surface area contributed by atoms with Gasteiger partial charge in [0, 0.05) is 23.8 Å². The quantitative estimate of drug-likeness (QED) is 0.798. The summed E-state index contributed by atoms with van der Waals surface area (Å²) < 4.78 is 16.9. The Morgan fingerprint density at radius 1 is 1.32 bits per heavy atom. The van der Waals surface area contributed by atoms with Gasteiger partial charge in [-0.3, -0.25) is 9.00 Å². The van der Waals surface area contributed by atoms with Crippen LogP contribution in [-0.4, -0.2) is 26.0 Å². The van der Waals surface area contributed by atoms with Gasteiger partial charge in [-0.2, -0.15) is 4.98 Å². The van der Waals surface area contributed by atoms with Crippen LogP contribution in [0, 0.1) is 0 Å². The maximum absolute atomic E-state index is 11.9. The van der Waals surface area contributed by atoms with E-state index in [1.807, 2.05) is 37.3 Å². The van der Waals surface area contributed by atoms with E-state index in [0.717, 1.165) is 18.4 Å². The van der Waals surface area contributed by atoms with E-state index in [1.54, 1.807) is 0 Å². The fraction of sp³-hybridized carbons (Fsp3) is 0.400. The number of hydrogen-bond acceptors (Lipinski definition) is 5. The first kappa shape index (κ1) is 16.4. The van der Waals surface area contributed by atoms with Crippen molar-refractivity contribution in [1.29, 1.82) is 0 Å². The van der Waals surface area contributed by atoms with Crippen LogP contribution in [0.15, 0.2) is 34.9 Å². The Labute approximate surface area is 131 Å². The molecular formula is C15H19N3O3S. The van der Waals surface area contributed by atoms with E-state index >= 15 is 0 Å². The SMILES string of the molecule is CCCc1noc(C[S@](=O)CC(=O)NCc2ccccc2)n1. The molecule has 1 aromatic heterocycles. The zero-order valence-corrected chi connectivity index (χ0v) is 13.3. The summed E-state index contributed by atoms with van der Waals surface area (Å²) in [5.41, 5.74) is 1.00. The molecule has 7 heteroatoms. The van der Waals surface area contributed by atoms with Crippen LogP contribution in [0.2, 0.25) is 0 Å². The highest BCUT2D eigenvalue weighted by Gasteiger charge is 2.13. The minimum absolute atomic E-state index is 0.0711. The summed E-state index contributed by atoms with van der Waals surface area (Å²) in [6, 6.07) is 9.57. The van der Waals surface area contributed by atoms with Crippen molar-refractivity contribution in [3.63, 3.8) is 0 Å². The molecule has 1 atom stereocenters. The van der Waals surface area contributed by atoms with Crippen LogP contribution in [0.3, 0.4) is 0 Å². The molecule has 1 heterocycles. The van der Waals surface area contributed by atoms with Gasteiger partial charge in [-0.05, 0) is 12.0 Å². The van der Waals surface area contributed by atoms with Crippen LogP contribution in [0.4, 0.5) is 0 Å². The molecule has 1 N–H and O–H groups in total. The fourth-order valence-electron chi connectivity index (χ4n) is 1.86. The number of nitrogens with zero attached hydrogens (tertiary/aromatic N) is 2. The van der Waals surface area contributed by atoms with Crippen molar-refractivity contribution in [1.82, 2.24) is 15.5 Å². The number of rotatable bonds is 8. The second kappa shape index (κ2) is 8.43. The summed E-state index contributed by atoms with van der Waals surface area (Å²) in [6.07, 6.45) is 1.65. The zero-order valence-electron chi connectivity index (χ0n) is 12.4. The van der Waals surface area contributed by atoms with E-state index < -0.39 is 10.8 Å². The summed E-state index contributed by atoms with van der Waals surface area (Å²) in [7, 11) is -1.36. The Bertz CT molecular complexity index is 628. The van der Waals surface area contributed by atoms with E-state index in [1.165, 1.54) is 0 Å². The zero-order chi connectivity index (χ0) is 15.8. The van der Waals surface area contributed by atoms with Crippen LogP contribution < -0.4 is 5.32 Å². The lowest BCUT2D eigenvalue weighted by Crippen LogP contribution is -2.28. The Balaban J connectivity index is 1.75. The first-order valence-corrected chi connectivity index (χ1v) is 8.63. The standard InChI is InChI=1S/C15H19N3O3S/c1-2-6-13-17-15(21-18-13)11-22(20)10-14(19)16-9-12-7-4-3-5-8-12/h3-5,7-8H,2,6,9-11H2,1H3,(H,16,19)/t22-/m1/s1. The van der Waals surface area contributed by atoms with E-state index in [4.69, 9.17) is 4.52 Å². The van der Waals surface area contributed by atoms with Gasteiger partial charge in [0.15, 0.2) is 5.82 Å². The monoisotopic (exact) mass is 321 g/mol. The molecule has 22 heavy (non-hydrogen) atoms. The number of carbonyl (C=O) groups excluding carboxylic acids is 1. The van der Waals surface area contributed by atoms with Crippen molar-refractivity contribution in [2.24, 2.45) is 0 Å². The van der Waals surface area contributed by atoms with Crippen LogP contribution in [-0.2, 0) is 34.3 Å². The number of carbonyl (C=O) groups is 1. The Morgan fingerprint density at radius 2 is 2.09 bits per heavy atom. The molecule has 0 saturated heterocycles. The number of hydrogen-bond donors (Lipinski definition) is 1. The molecule has 1 amide bonds. The van der Waals surface area contributed by atoms with Gasteiger partial charge in [-0.15, -0.1) is 0 Å². The lowest BCUT2D eigenvalue weighted by Gasteiger charge is -2.04. The predicted octanol–water partition coefficient (Wildman–Crippen LogP) is 1.59. The first-order valence-electron chi connectivity index (χ1n) is 7.14. The minimum atomic E-state index is -1.36. The van der Waals surface area contributed by atoms with Crippen LogP contribution in [0.25, 0.3) is 0 Å². The molecule has 0 bridgehead atoms. The van der Waals surface area contributed by atoms with Crippen molar-refractivity contribution < 1.29 is 13.5 Å². The van der Waals surface area contributed by atoms with Gasteiger partial charge >= 0.3 is 0 Å². The van der Waals surface area contributed by atoms with Gasteiger partial charge in [-0.25, -0.2) is 0 Å². The molecule has 0 radical (unpaired) electrons. The lowest BCUT2D eigenvalue weighted by atomic mass is 10.2. The Morgan fingerprint density at radius 3 is 2.82 bits per heavy atom. The molecule has 2 aromatic rings. The second-order valence-electron chi connectivity index (χ2n) is 4.85. The molecular weight excluding hydrogens is 302 g/mol. The van der Waals surface area contributed by atoms with Crippen molar-refractivity contribution in [2.75, 3.05) is 5.75 Å². The van der Waals surface area contributed by atoms with Crippen LogP contribution in [0.1, 0.15) is 30.6 Å². The van der Waals surface area contributed by atoms with Gasteiger partial charge in [-0.1, -0.05) is 42.4 Å². The van der Waals surface area contributed by atoms with Gasteiger partial charge in [0.1, 0.15) is 11.5 Å². The summed E-state index contributed by atoms with van der Waals surface area (Å²) in [4.78, 5) is 15.9. The van der Waals surface area contributed by atoms with E-state index in [-0.39, 0.29) is 17.4 Å². The van der Waals surface area contributed by atoms with Gasteiger partial charge in [0.05, 0.1) is 0 Å². The summed E-state index contributed by atoms with van der Waals surface area (Å²) in [5.74, 6) is 0.713. The molecule has 0 aliphatic rings. The number of benzene rings is 1. The molecule has 0 unspecified atom stereocenters. The van der Waals surface area contributed by atoms with Crippen LogP contribution >= 0.6 is 0 Å². The van der Waals surface area contributed by atoms with Crippen LogP contribution in [0.5, 0.6) is 0 Å². The average molecular weight is 321 g/mol. The molecule has 0 aliphatic heterocycles. The lowest BCUT2D eigenvalue weighted by molar-refractivity contribution is -0.118. The van der Waals surface area contributed by atoms with E-state index in [9.17, 15) is 9.00 Å². The molecule has 2 rings (SSSR count). The Hall–Kier alpha value is -2.02. The van der Waals surface area contributed by atoms with Crippen molar-refractivity contribution in [3.8, 4) is 0 Å². The maximum Gasteiger partial charge on any atom is 0.239 e. The topological polar surface area (TPSA) is 85.1 Å². The Kier molecular flexibility index (Phi) is 6.27. The number of aromatic nitrogens is 2. The normalized spacial score (nSPS) is 12.0. The smallest absolute Gasteiger partial charge is 0.239 e.